The van der Waals surface area contributed by atoms with Gasteiger partial charge in [-0.25, -0.2) is 0 Å². The van der Waals surface area contributed by atoms with Crippen molar-refractivity contribution >= 4 is 44.8 Å². The lowest BCUT2D eigenvalue weighted by molar-refractivity contribution is 1.04. The van der Waals surface area contributed by atoms with Crippen molar-refractivity contribution in [2.45, 2.75) is 11.4 Å². The normalized spacial score (nSPS) is 10.5. The SMILES string of the molecule is C=C(C=N)Sc1ccccc1CN=CI. The van der Waals surface area contributed by atoms with Crippen LogP contribution in [0.15, 0.2) is 45.6 Å². The molecule has 0 fully saturated rings. The molecule has 15 heavy (non-hydrogen) atoms. The van der Waals surface area contributed by atoms with E-state index in [4.69, 9.17) is 5.41 Å². The van der Waals surface area contributed by atoms with Crippen LogP contribution in [0.4, 0.5) is 0 Å². The highest BCUT2D eigenvalue weighted by Gasteiger charge is 2.02. The molecule has 0 bridgehead atoms. The monoisotopic (exact) mass is 330 g/mol. The summed E-state index contributed by atoms with van der Waals surface area (Å²) >= 11 is 3.61. The van der Waals surface area contributed by atoms with Crippen LogP contribution in [-0.2, 0) is 6.54 Å². The van der Waals surface area contributed by atoms with Gasteiger partial charge in [0, 0.05) is 16.0 Å². The Kier molecular flexibility index (Phi) is 5.63. The first-order valence-electron chi connectivity index (χ1n) is 4.31. The summed E-state index contributed by atoms with van der Waals surface area (Å²) in [6.07, 6.45) is 1.27. The molecule has 0 atom stereocenters. The molecule has 0 aliphatic rings. The van der Waals surface area contributed by atoms with E-state index in [2.05, 4.69) is 34.2 Å². The van der Waals surface area contributed by atoms with Crippen molar-refractivity contribution in [3.8, 4) is 0 Å². The third kappa shape index (κ3) is 4.17. The third-order valence-corrected chi connectivity index (χ3v) is 3.10. The Balaban J connectivity index is 2.85. The van der Waals surface area contributed by atoms with E-state index in [1.54, 1.807) is 4.22 Å². The number of aliphatic imine (C=N–C) groups is 1. The van der Waals surface area contributed by atoms with Crippen LogP contribution < -0.4 is 0 Å². The number of nitrogens with one attached hydrogen (secondary N) is 1. The number of nitrogens with zero attached hydrogens (tertiary/aromatic N) is 1. The lowest BCUT2D eigenvalue weighted by atomic mass is 10.2. The number of rotatable bonds is 5. The van der Waals surface area contributed by atoms with Crippen LogP contribution in [0.5, 0.6) is 0 Å². The van der Waals surface area contributed by atoms with Gasteiger partial charge in [-0.2, -0.15) is 0 Å². The highest BCUT2D eigenvalue weighted by atomic mass is 127. The predicted molar refractivity (Wildman–Crippen MR) is 76.4 cm³/mol. The number of hydrogen-bond donors (Lipinski definition) is 1. The second-order valence-corrected chi connectivity index (χ2v) is 4.48. The third-order valence-electron chi connectivity index (χ3n) is 1.71. The largest absolute Gasteiger partial charge is 0.308 e. The molecule has 4 heteroatoms. The van der Waals surface area contributed by atoms with Gasteiger partial charge in [0.2, 0.25) is 0 Å². The van der Waals surface area contributed by atoms with E-state index < -0.39 is 0 Å². The molecule has 1 aromatic rings. The fraction of sp³-hybridized carbons (Fsp3) is 0.0909. The number of thioether (sulfide) groups is 1. The Hall–Kier alpha value is -0.620. The topological polar surface area (TPSA) is 36.2 Å². The van der Waals surface area contributed by atoms with Gasteiger partial charge < -0.3 is 5.41 Å². The predicted octanol–water partition coefficient (Wildman–Crippen LogP) is 3.91. The molecular weight excluding hydrogens is 319 g/mol. The van der Waals surface area contributed by atoms with Crippen LogP contribution in [0.25, 0.3) is 0 Å². The van der Waals surface area contributed by atoms with Crippen molar-refractivity contribution < 1.29 is 0 Å². The fourth-order valence-electron chi connectivity index (χ4n) is 1.04. The maximum absolute atomic E-state index is 7.09. The summed E-state index contributed by atoms with van der Waals surface area (Å²) in [6.45, 7) is 4.45. The van der Waals surface area contributed by atoms with Crippen LogP contribution in [0.1, 0.15) is 5.56 Å². The lowest BCUT2D eigenvalue weighted by Crippen LogP contribution is -1.86. The summed E-state index contributed by atoms with van der Waals surface area (Å²) in [7, 11) is 0. The molecule has 0 aliphatic carbocycles. The van der Waals surface area contributed by atoms with Gasteiger partial charge in [-0.15, -0.1) is 0 Å². The summed E-state index contributed by atoms with van der Waals surface area (Å²) in [6, 6.07) is 8.05. The van der Waals surface area contributed by atoms with Gasteiger partial charge in [-0.3, -0.25) is 4.99 Å². The minimum Gasteiger partial charge on any atom is -0.308 e. The number of halogens is 1. The molecule has 1 N–H and O–H groups in total. The summed E-state index contributed by atoms with van der Waals surface area (Å²) in [5.74, 6) is 0. The maximum Gasteiger partial charge on any atom is 0.0656 e. The van der Waals surface area contributed by atoms with Crippen molar-refractivity contribution in [3.05, 3.63) is 41.3 Å². The van der Waals surface area contributed by atoms with Gasteiger partial charge in [-0.05, 0) is 34.2 Å². The Morgan fingerprint density at radius 3 is 2.93 bits per heavy atom. The van der Waals surface area contributed by atoms with Crippen molar-refractivity contribution in [2.24, 2.45) is 4.99 Å². The zero-order valence-corrected chi connectivity index (χ0v) is 11.1. The standard InChI is InChI=1S/C11H11IN2S/c1-9(6-13)15-11-5-3-2-4-10(11)7-14-8-12/h2-6,8,13H,1,7H2. The van der Waals surface area contributed by atoms with Crippen LogP contribution in [0.3, 0.4) is 0 Å². The van der Waals surface area contributed by atoms with E-state index >= 15 is 0 Å². The average Bonchev–Trinajstić information content (AvgIpc) is 2.28. The van der Waals surface area contributed by atoms with Crippen molar-refractivity contribution in [3.63, 3.8) is 0 Å². The second-order valence-electron chi connectivity index (χ2n) is 2.76. The Labute approximate surface area is 108 Å². The first-order valence-corrected chi connectivity index (χ1v) is 6.37. The van der Waals surface area contributed by atoms with Crippen molar-refractivity contribution in [1.82, 2.24) is 0 Å². The zero-order chi connectivity index (χ0) is 11.1. The first-order chi connectivity index (χ1) is 7.27. The van der Waals surface area contributed by atoms with Crippen molar-refractivity contribution in [1.29, 1.82) is 5.41 Å². The highest BCUT2D eigenvalue weighted by Crippen LogP contribution is 2.27. The summed E-state index contributed by atoms with van der Waals surface area (Å²) < 4.78 is 1.77. The van der Waals surface area contributed by atoms with E-state index in [0.29, 0.717) is 6.54 Å². The molecule has 0 aliphatic heterocycles. The van der Waals surface area contributed by atoms with Crippen LogP contribution in [-0.4, -0.2) is 10.4 Å². The molecule has 78 valence electrons. The van der Waals surface area contributed by atoms with E-state index in [1.807, 2.05) is 24.3 Å². The van der Waals surface area contributed by atoms with Gasteiger partial charge in [0.1, 0.15) is 0 Å². The summed E-state index contributed by atoms with van der Waals surface area (Å²) in [4.78, 5) is 6.05. The van der Waals surface area contributed by atoms with Crippen molar-refractivity contribution in [2.75, 3.05) is 0 Å². The van der Waals surface area contributed by atoms with Crippen LogP contribution in [0.2, 0.25) is 0 Å². The van der Waals surface area contributed by atoms with E-state index in [1.165, 1.54) is 23.5 Å². The molecule has 0 unspecified atom stereocenters. The quantitative estimate of drug-likeness (QED) is 0.496. The highest BCUT2D eigenvalue weighted by molar-refractivity contribution is 14.1. The van der Waals surface area contributed by atoms with E-state index in [0.717, 1.165) is 9.80 Å². The second kappa shape index (κ2) is 6.79. The molecule has 0 saturated heterocycles. The molecule has 2 nitrogen and oxygen atoms in total. The van der Waals surface area contributed by atoms with Crippen LogP contribution >= 0.6 is 34.4 Å². The molecular formula is C11H11IN2S. The lowest BCUT2D eigenvalue weighted by Gasteiger charge is -2.05. The molecule has 0 amide bonds. The molecule has 0 saturated carbocycles. The first kappa shape index (κ1) is 12.4. The Morgan fingerprint density at radius 2 is 2.27 bits per heavy atom. The van der Waals surface area contributed by atoms with E-state index in [-0.39, 0.29) is 0 Å². The fourth-order valence-corrected chi connectivity index (χ4v) is 1.99. The Morgan fingerprint density at radius 1 is 1.53 bits per heavy atom. The van der Waals surface area contributed by atoms with Gasteiger partial charge >= 0.3 is 0 Å². The van der Waals surface area contributed by atoms with Gasteiger partial charge in [0.05, 0.1) is 10.8 Å². The van der Waals surface area contributed by atoms with Gasteiger partial charge in [-0.1, -0.05) is 36.5 Å². The van der Waals surface area contributed by atoms with Gasteiger partial charge in [0.25, 0.3) is 0 Å². The smallest absolute Gasteiger partial charge is 0.0656 e. The molecule has 1 rings (SSSR count). The summed E-state index contributed by atoms with van der Waals surface area (Å²) in [5, 5.41) is 7.09. The molecule has 0 heterocycles. The average molecular weight is 330 g/mol. The molecule has 1 aromatic carbocycles. The zero-order valence-electron chi connectivity index (χ0n) is 8.11. The summed E-state index contributed by atoms with van der Waals surface area (Å²) in [5.41, 5.74) is 1.17. The maximum atomic E-state index is 7.09. The van der Waals surface area contributed by atoms with Gasteiger partial charge in [0.15, 0.2) is 0 Å². The number of allylic oxidation sites excluding steroid dienone is 1. The molecule has 0 radical (unpaired) electrons. The molecule has 0 spiro atoms. The van der Waals surface area contributed by atoms with E-state index in [9.17, 15) is 0 Å². The van der Waals surface area contributed by atoms with Crippen LogP contribution in [0, 0.1) is 5.41 Å². The minimum atomic E-state index is 0.678. The molecule has 0 aromatic heterocycles. The number of benzene rings is 1. The number of hydrogen-bond acceptors (Lipinski definition) is 3. The minimum absolute atomic E-state index is 0.678. The Bertz CT molecular complexity index is 388.